The van der Waals surface area contributed by atoms with Gasteiger partial charge in [0.2, 0.25) is 0 Å². The van der Waals surface area contributed by atoms with Crippen LogP contribution in [-0.4, -0.2) is 35.8 Å². The molecule has 0 saturated heterocycles. The van der Waals surface area contributed by atoms with Crippen molar-refractivity contribution in [2.45, 2.75) is 38.6 Å². The van der Waals surface area contributed by atoms with Gasteiger partial charge in [-0.1, -0.05) is 18.9 Å². The topological polar surface area (TPSA) is 48.4 Å². The van der Waals surface area contributed by atoms with Gasteiger partial charge in [0.05, 0.1) is 6.61 Å². The Hall–Kier alpha value is -1.29. The number of aliphatic hydroxyl groups is 1. The highest BCUT2D eigenvalue weighted by Gasteiger charge is 2.23. The summed E-state index contributed by atoms with van der Waals surface area (Å²) in [6, 6.07) is 6.59. The van der Waals surface area contributed by atoms with E-state index in [1.165, 1.54) is 25.7 Å². The molecule has 100 valence electrons. The molecule has 1 aliphatic rings. The van der Waals surface area contributed by atoms with Gasteiger partial charge in [-0.05, 0) is 31.9 Å². The van der Waals surface area contributed by atoms with Gasteiger partial charge in [-0.15, -0.1) is 0 Å². The van der Waals surface area contributed by atoms with E-state index in [0.717, 1.165) is 18.2 Å². The summed E-state index contributed by atoms with van der Waals surface area (Å²) in [5, 5.41) is 12.5. The minimum atomic E-state index is 0.184. The Morgan fingerprint density at radius 3 is 2.83 bits per heavy atom. The van der Waals surface area contributed by atoms with E-state index >= 15 is 0 Å². The molecule has 0 amide bonds. The van der Waals surface area contributed by atoms with Gasteiger partial charge >= 0.3 is 0 Å². The molecule has 2 N–H and O–H groups in total. The smallest absolute Gasteiger partial charge is 0.131 e. The van der Waals surface area contributed by atoms with Crippen LogP contribution in [0.25, 0.3) is 0 Å². The summed E-state index contributed by atoms with van der Waals surface area (Å²) >= 11 is 0. The first-order valence-corrected chi connectivity index (χ1v) is 6.93. The number of pyridine rings is 1. The minimum Gasteiger partial charge on any atom is -0.395 e. The maximum atomic E-state index is 9.25. The van der Waals surface area contributed by atoms with Crippen molar-refractivity contribution in [2.24, 2.45) is 0 Å². The average Bonchev–Trinajstić information content (AvgIpc) is 2.90. The predicted octanol–water partition coefficient (Wildman–Crippen LogP) is 2.25. The largest absolute Gasteiger partial charge is 0.395 e. The van der Waals surface area contributed by atoms with Crippen LogP contribution in [-0.2, 0) is 0 Å². The molecule has 0 spiro atoms. The van der Waals surface area contributed by atoms with E-state index in [1.54, 1.807) is 0 Å². The summed E-state index contributed by atoms with van der Waals surface area (Å²) < 4.78 is 0. The van der Waals surface area contributed by atoms with Gasteiger partial charge in [0.15, 0.2) is 0 Å². The fourth-order valence-electron chi connectivity index (χ4n) is 2.67. The summed E-state index contributed by atoms with van der Waals surface area (Å²) in [6.45, 7) is 3.80. The minimum absolute atomic E-state index is 0.184. The number of nitrogens with one attached hydrogen (secondary N) is 1. The van der Waals surface area contributed by atoms with Crippen molar-refractivity contribution in [1.82, 2.24) is 4.98 Å². The van der Waals surface area contributed by atoms with Crippen LogP contribution in [0.3, 0.4) is 0 Å². The van der Waals surface area contributed by atoms with Gasteiger partial charge in [0.25, 0.3) is 0 Å². The van der Waals surface area contributed by atoms with Crippen LogP contribution in [0.15, 0.2) is 18.2 Å². The molecule has 1 fully saturated rings. The molecule has 2 rings (SSSR count). The average molecular weight is 249 g/mol. The Bertz CT molecular complexity index is 364. The summed E-state index contributed by atoms with van der Waals surface area (Å²) in [4.78, 5) is 6.89. The van der Waals surface area contributed by atoms with Crippen LogP contribution >= 0.6 is 0 Å². The molecule has 4 heteroatoms. The van der Waals surface area contributed by atoms with E-state index < -0.39 is 0 Å². The number of nitrogens with zero attached hydrogens (tertiary/aromatic N) is 2. The van der Waals surface area contributed by atoms with Crippen LogP contribution in [0.2, 0.25) is 0 Å². The lowest BCUT2D eigenvalue weighted by Gasteiger charge is -2.29. The molecule has 4 nitrogen and oxygen atoms in total. The highest BCUT2D eigenvalue weighted by molar-refractivity contribution is 5.47. The second-order valence-corrected chi connectivity index (χ2v) is 4.77. The number of aliphatic hydroxyl groups excluding tert-OH is 1. The number of hydrogen-bond acceptors (Lipinski definition) is 4. The molecular formula is C14H23N3O. The summed E-state index contributed by atoms with van der Waals surface area (Å²) in [6.07, 6.45) is 5.01. The third-order valence-corrected chi connectivity index (χ3v) is 3.49. The van der Waals surface area contributed by atoms with Gasteiger partial charge in [0, 0.05) is 19.1 Å². The van der Waals surface area contributed by atoms with Crippen molar-refractivity contribution in [3.63, 3.8) is 0 Å². The summed E-state index contributed by atoms with van der Waals surface area (Å²) in [7, 11) is 0. The van der Waals surface area contributed by atoms with Crippen molar-refractivity contribution >= 4 is 11.6 Å². The molecule has 1 saturated carbocycles. The molecular weight excluding hydrogens is 226 g/mol. The number of aromatic nitrogens is 1. The van der Waals surface area contributed by atoms with Crippen LogP contribution in [0, 0.1) is 0 Å². The zero-order valence-corrected chi connectivity index (χ0v) is 11.1. The monoisotopic (exact) mass is 249 g/mol. The molecule has 1 aromatic heterocycles. The SMILES string of the molecule is CCNc1cccc(N(CCO)C2CCCC2)n1. The first kappa shape index (κ1) is 13.1. The molecule has 0 unspecified atom stereocenters. The van der Waals surface area contributed by atoms with Crippen LogP contribution < -0.4 is 10.2 Å². The first-order valence-electron chi connectivity index (χ1n) is 6.93. The third-order valence-electron chi connectivity index (χ3n) is 3.49. The summed E-state index contributed by atoms with van der Waals surface area (Å²) in [5.74, 6) is 1.89. The predicted molar refractivity (Wildman–Crippen MR) is 75.1 cm³/mol. The quantitative estimate of drug-likeness (QED) is 0.812. The third kappa shape index (κ3) is 3.13. The van der Waals surface area contributed by atoms with E-state index in [9.17, 15) is 5.11 Å². The van der Waals surface area contributed by atoms with E-state index in [0.29, 0.717) is 12.6 Å². The van der Waals surface area contributed by atoms with E-state index in [4.69, 9.17) is 0 Å². The Labute approximate surface area is 109 Å². The van der Waals surface area contributed by atoms with Crippen LogP contribution in [0.4, 0.5) is 11.6 Å². The van der Waals surface area contributed by atoms with Crippen molar-refractivity contribution < 1.29 is 5.11 Å². The Kier molecular flexibility index (Phi) is 4.81. The van der Waals surface area contributed by atoms with Crippen molar-refractivity contribution in [2.75, 3.05) is 29.9 Å². The van der Waals surface area contributed by atoms with E-state index in [2.05, 4.69) is 22.1 Å². The number of rotatable bonds is 6. The normalized spacial score (nSPS) is 15.9. The lowest BCUT2D eigenvalue weighted by atomic mass is 10.2. The molecule has 18 heavy (non-hydrogen) atoms. The lowest BCUT2D eigenvalue weighted by molar-refractivity contribution is 0.297. The first-order chi connectivity index (χ1) is 8.85. The molecule has 1 aromatic rings. The zero-order chi connectivity index (χ0) is 12.8. The lowest BCUT2D eigenvalue weighted by Crippen LogP contribution is -2.36. The standard InChI is InChI=1S/C14H23N3O/c1-2-15-13-8-5-9-14(16-13)17(10-11-18)12-6-3-4-7-12/h5,8-9,12,18H,2-4,6-7,10-11H2,1H3,(H,15,16). The van der Waals surface area contributed by atoms with Gasteiger partial charge < -0.3 is 15.3 Å². The van der Waals surface area contributed by atoms with Gasteiger partial charge in [-0.2, -0.15) is 0 Å². The molecule has 0 aliphatic heterocycles. The molecule has 0 atom stereocenters. The number of hydrogen-bond donors (Lipinski definition) is 2. The van der Waals surface area contributed by atoms with Gasteiger partial charge in [0.1, 0.15) is 11.6 Å². The van der Waals surface area contributed by atoms with Crippen molar-refractivity contribution in [1.29, 1.82) is 0 Å². The maximum Gasteiger partial charge on any atom is 0.131 e. The highest BCUT2D eigenvalue weighted by atomic mass is 16.3. The Morgan fingerprint density at radius 1 is 1.39 bits per heavy atom. The van der Waals surface area contributed by atoms with Gasteiger partial charge in [-0.3, -0.25) is 0 Å². The number of anilines is 2. The highest BCUT2D eigenvalue weighted by Crippen LogP contribution is 2.27. The van der Waals surface area contributed by atoms with Crippen molar-refractivity contribution in [3.8, 4) is 0 Å². The fourth-order valence-corrected chi connectivity index (χ4v) is 2.67. The second-order valence-electron chi connectivity index (χ2n) is 4.77. The molecule has 0 radical (unpaired) electrons. The Morgan fingerprint density at radius 2 is 2.17 bits per heavy atom. The van der Waals surface area contributed by atoms with Gasteiger partial charge in [-0.25, -0.2) is 4.98 Å². The fraction of sp³-hybridized carbons (Fsp3) is 0.643. The van der Waals surface area contributed by atoms with Crippen LogP contribution in [0.1, 0.15) is 32.6 Å². The Balaban J connectivity index is 2.15. The van der Waals surface area contributed by atoms with Crippen molar-refractivity contribution in [3.05, 3.63) is 18.2 Å². The molecule has 1 aliphatic carbocycles. The molecule has 1 heterocycles. The molecule has 0 aromatic carbocycles. The molecule has 0 bridgehead atoms. The second kappa shape index (κ2) is 6.59. The van der Waals surface area contributed by atoms with E-state index in [1.807, 2.05) is 18.2 Å². The zero-order valence-electron chi connectivity index (χ0n) is 11.1. The maximum absolute atomic E-state index is 9.25. The summed E-state index contributed by atoms with van der Waals surface area (Å²) in [5.41, 5.74) is 0. The van der Waals surface area contributed by atoms with E-state index in [-0.39, 0.29) is 6.61 Å². The van der Waals surface area contributed by atoms with Crippen LogP contribution in [0.5, 0.6) is 0 Å².